The first-order chi connectivity index (χ1) is 6.33. The number of allylic oxidation sites excluding steroid dienone is 3. The smallest absolute Gasteiger partial charge is 0.244 e. The highest BCUT2D eigenvalue weighted by Gasteiger charge is 2.15. The van der Waals surface area contributed by atoms with Gasteiger partial charge in [0.25, 0.3) is 0 Å². The molecule has 1 heterocycles. The van der Waals surface area contributed by atoms with Crippen molar-refractivity contribution in [2.75, 3.05) is 11.5 Å². The molecule has 1 fully saturated rings. The quantitative estimate of drug-likeness (QED) is 0.551. The van der Waals surface area contributed by atoms with E-state index in [4.69, 9.17) is 0 Å². The van der Waals surface area contributed by atoms with Crippen LogP contribution in [0.15, 0.2) is 24.3 Å². The van der Waals surface area contributed by atoms with Gasteiger partial charge in [-0.1, -0.05) is 18.2 Å². The monoisotopic (exact) mass is 197 g/mol. The molecule has 1 rings (SSSR count). The van der Waals surface area contributed by atoms with Gasteiger partial charge in [0.1, 0.15) is 0 Å². The van der Waals surface area contributed by atoms with Crippen LogP contribution in [0.5, 0.6) is 0 Å². The molecule has 0 radical (unpaired) electrons. The predicted octanol–water partition coefficient (Wildman–Crippen LogP) is 1.74. The molecule has 72 valence electrons. The second kappa shape index (κ2) is 5.86. The third-order valence-electron chi connectivity index (χ3n) is 1.83. The van der Waals surface area contributed by atoms with Crippen molar-refractivity contribution in [3.63, 3.8) is 0 Å². The number of thioether (sulfide) groups is 1. The third-order valence-corrected chi connectivity index (χ3v) is 2.99. The molecular weight excluding hydrogens is 182 g/mol. The van der Waals surface area contributed by atoms with Gasteiger partial charge in [0.2, 0.25) is 5.91 Å². The van der Waals surface area contributed by atoms with Crippen LogP contribution in [0.2, 0.25) is 0 Å². The number of amides is 1. The largest absolute Gasteiger partial charge is 0.349 e. The lowest BCUT2D eigenvalue weighted by atomic mass is 10.2. The van der Waals surface area contributed by atoms with E-state index in [0.29, 0.717) is 6.04 Å². The predicted molar refractivity (Wildman–Crippen MR) is 57.8 cm³/mol. The summed E-state index contributed by atoms with van der Waals surface area (Å²) in [7, 11) is 0. The molecule has 1 atom stereocenters. The highest BCUT2D eigenvalue weighted by molar-refractivity contribution is 7.99. The van der Waals surface area contributed by atoms with Crippen LogP contribution in [-0.4, -0.2) is 23.5 Å². The zero-order chi connectivity index (χ0) is 9.52. The van der Waals surface area contributed by atoms with Crippen LogP contribution in [0.3, 0.4) is 0 Å². The molecule has 0 bridgehead atoms. The van der Waals surface area contributed by atoms with Crippen LogP contribution in [0.4, 0.5) is 0 Å². The number of rotatable bonds is 3. The molecule has 1 unspecified atom stereocenters. The molecule has 2 nitrogen and oxygen atoms in total. The first kappa shape index (κ1) is 10.4. The minimum Gasteiger partial charge on any atom is -0.349 e. The standard InChI is InChI=1S/C10H15NOS/c1-2-3-4-5-10(12)11-9-6-7-13-8-9/h2-5,9H,6-8H2,1H3,(H,11,12). The van der Waals surface area contributed by atoms with Crippen LogP contribution in [0.1, 0.15) is 13.3 Å². The first-order valence-electron chi connectivity index (χ1n) is 4.50. The summed E-state index contributed by atoms with van der Waals surface area (Å²) in [5.41, 5.74) is 0. The van der Waals surface area contributed by atoms with Crippen molar-refractivity contribution in [3.05, 3.63) is 24.3 Å². The molecule has 0 aliphatic carbocycles. The molecule has 1 saturated heterocycles. The summed E-state index contributed by atoms with van der Waals surface area (Å²) in [6, 6.07) is 0.382. The van der Waals surface area contributed by atoms with E-state index in [1.165, 1.54) is 5.75 Å². The van der Waals surface area contributed by atoms with Crippen molar-refractivity contribution in [2.24, 2.45) is 0 Å². The maximum Gasteiger partial charge on any atom is 0.244 e. The van der Waals surface area contributed by atoms with Crippen LogP contribution in [0.25, 0.3) is 0 Å². The molecule has 13 heavy (non-hydrogen) atoms. The Balaban J connectivity index is 2.23. The summed E-state index contributed by atoms with van der Waals surface area (Å²) in [5.74, 6) is 2.25. The number of hydrogen-bond donors (Lipinski definition) is 1. The Hall–Kier alpha value is -0.700. The minimum atomic E-state index is 0.0191. The summed E-state index contributed by atoms with van der Waals surface area (Å²) in [5, 5.41) is 2.96. The van der Waals surface area contributed by atoms with Crippen molar-refractivity contribution < 1.29 is 4.79 Å². The van der Waals surface area contributed by atoms with E-state index in [1.54, 1.807) is 12.2 Å². The fraction of sp³-hybridized carbons (Fsp3) is 0.500. The summed E-state index contributed by atoms with van der Waals surface area (Å²) >= 11 is 1.90. The second-order valence-corrected chi connectivity index (χ2v) is 4.10. The van der Waals surface area contributed by atoms with E-state index >= 15 is 0 Å². The van der Waals surface area contributed by atoms with Crippen LogP contribution in [-0.2, 0) is 4.79 Å². The van der Waals surface area contributed by atoms with Crippen LogP contribution >= 0.6 is 11.8 Å². The van der Waals surface area contributed by atoms with Gasteiger partial charge in [-0.3, -0.25) is 4.79 Å². The molecule has 1 amide bonds. The van der Waals surface area contributed by atoms with Gasteiger partial charge >= 0.3 is 0 Å². The molecule has 1 aliphatic heterocycles. The molecule has 0 aromatic carbocycles. The van der Waals surface area contributed by atoms with Gasteiger partial charge in [-0.05, 0) is 19.1 Å². The van der Waals surface area contributed by atoms with Crippen molar-refractivity contribution >= 4 is 17.7 Å². The summed E-state index contributed by atoms with van der Waals surface area (Å²) in [6.45, 7) is 1.93. The topological polar surface area (TPSA) is 29.1 Å². The SMILES string of the molecule is CC=CC=CC(=O)NC1CCSC1. The Morgan fingerprint density at radius 3 is 3.00 bits per heavy atom. The van der Waals surface area contributed by atoms with Crippen molar-refractivity contribution in [1.29, 1.82) is 0 Å². The van der Waals surface area contributed by atoms with E-state index in [1.807, 2.05) is 30.8 Å². The Labute approximate surface area is 83.5 Å². The van der Waals surface area contributed by atoms with Crippen molar-refractivity contribution in [2.45, 2.75) is 19.4 Å². The van der Waals surface area contributed by atoms with Gasteiger partial charge in [-0.15, -0.1) is 0 Å². The minimum absolute atomic E-state index is 0.0191. The van der Waals surface area contributed by atoms with E-state index in [0.717, 1.165) is 12.2 Å². The number of nitrogens with one attached hydrogen (secondary N) is 1. The fourth-order valence-electron chi connectivity index (χ4n) is 1.15. The van der Waals surface area contributed by atoms with Gasteiger partial charge < -0.3 is 5.32 Å². The summed E-state index contributed by atoms with van der Waals surface area (Å²) in [6.07, 6.45) is 8.19. The highest BCUT2D eigenvalue weighted by Crippen LogP contribution is 2.16. The van der Waals surface area contributed by atoms with Crippen LogP contribution in [0, 0.1) is 0 Å². The van der Waals surface area contributed by atoms with E-state index in [-0.39, 0.29) is 5.91 Å². The molecule has 3 heteroatoms. The van der Waals surface area contributed by atoms with Gasteiger partial charge in [0.05, 0.1) is 0 Å². The lowest BCUT2D eigenvalue weighted by Crippen LogP contribution is -2.33. The summed E-state index contributed by atoms with van der Waals surface area (Å²) < 4.78 is 0. The normalized spacial score (nSPS) is 23.0. The van der Waals surface area contributed by atoms with E-state index in [9.17, 15) is 4.79 Å². The Bertz CT molecular complexity index is 217. The third kappa shape index (κ3) is 4.18. The maximum absolute atomic E-state index is 11.2. The molecule has 0 saturated carbocycles. The number of hydrogen-bond acceptors (Lipinski definition) is 2. The molecule has 1 N–H and O–H groups in total. The van der Waals surface area contributed by atoms with E-state index in [2.05, 4.69) is 5.32 Å². The molecular formula is C10H15NOS. The molecule has 0 aromatic rings. The first-order valence-corrected chi connectivity index (χ1v) is 5.66. The zero-order valence-electron chi connectivity index (χ0n) is 7.82. The number of carbonyl (C=O) groups is 1. The van der Waals surface area contributed by atoms with Crippen molar-refractivity contribution in [3.8, 4) is 0 Å². The zero-order valence-corrected chi connectivity index (χ0v) is 8.64. The Kier molecular flexibility index (Phi) is 4.68. The lowest BCUT2D eigenvalue weighted by molar-refractivity contribution is -0.117. The van der Waals surface area contributed by atoms with E-state index < -0.39 is 0 Å². The Morgan fingerprint density at radius 1 is 1.54 bits per heavy atom. The lowest BCUT2D eigenvalue weighted by Gasteiger charge is -2.07. The maximum atomic E-state index is 11.2. The van der Waals surface area contributed by atoms with Gasteiger partial charge in [-0.25, -0.2) is 0 Å². The average molecular weight is 197 g/mol. The van der Waals surface area contributed by atoms with Gasteiger partial charge in [0.15, 0.2) is 0 Å². The molecule has 0 aromatic heterocycles. The second-order valence-electron chi connectivity index (χ2n) is 2.95. The van der Waals surface area contributed by atoms with Gasteiger partial charge in [0, 0.05) is 17.9 Å². The van der Waals surface area contributed by atoms with Crippen LogP contribution < -0.4 is 5.32 Å². The fourth-order valence-corrected chi connectivity index (χ4v) is 2.30. The number of carbonyl (C=O) groups excluding carboxylic acids is 1. The molecule has 0 spiro atoms. The highest BCUT2D eigenvalue weighted by atomic mass is 32.2. The van der Waals surface area contributed by atoms with Gasteiger partial charge in [-0.2, -0.15) is 11.8 Å². The molecule has 1 aliphatic rings. The Morgan fingerprint density at radius 2 is 2.38 bits per heavy atom. The summed E-state index contributed by atoms with van der Waals surface area (Å²) in [4.78, 5) is 11.2. The average Bonchev–Trinajstić information content (AvgIpc) is 2.57. The van der Waals surface area contributed by atoms with Crippen molar-refractivity contribution in [1.82, 2.24) is 5.32 Å².